The van der Waals surface area contributed by atoms with E-state index in [0.717, 1.165) is 30.4 Å². The van der Waals surface area contributed by atoms with Crippen LogP contribution < -0.4 is 4.74 Å². The molecule has 2 atom stereocenters. The predicted octanol–water partition coefficient (Wildman–Crippen LogP) is 3.37. The van der Waals surface area contributed by atoms with Gasteiger partial charge >= 0.3 is 11.9 Å². The van der Waals surface area contributed by atoms with E-state index in [1.807, 2.05) is 13.0 Å². The van der Waals surface area contributed by atoms with E-state index in [4.69, 9.17) is 9.47 Å². The van der Waals surface area contributed by atoms with Crippen LogP contribution in [0.15, 0.2) is 11.6 Å². The lowest BCUT2D eigenvalue weighted by Crippen LogP contribution is -2.19. The summed E-state index contributed by atoms with van der Waals surface area (Å²) in [6.07, 6.45) is 5.05. The van der Waals surface area contributed by atoms with Crippen LogP contribution in [-0.2, 0) is 22.6 Å². The number of carbonyl (C=O) groups is 2. The Bertz CT molecular complexity index is 792. The fraction of sp³-hybridized carbons (Fsp3) is 0.500. The van der Waals surface area contributed by atoms with Gasteiger partial charge in [0.15, 0.2) is 0 Å². The van der Waals surface area contributed by atoms with Crippen molar-refractivity contribution in [2.45, 2.75) is 46.1 Å². The minimum Gasteiger partial charge on any atom is -0.507 e. The standard InChI is InChI=1S/C20H24O6/c1-10-15-9-26-20(24)16(15)17(21)14(18(10)25-3)8-7-12-5-4-6-13(12)11(2)19(22)23/h7,11,13,21H,4-6,8-9H2,1-3H3,(H,22,23)/t11-,13-/m0/s1. The Labute approximate surface area is 152 Å². The van der Waals surface area contributed by atoms with Crippen LogP contribution in [0, 0.1) is 18.8 Å². The Hall–Kier alpha value is -2.50. The van der Waals surface area contributed by atoms with Crippen molar-refractivity contribution in [2.24, 2.45) is 11.8 Å². The number of aliphatic carboxylic acids is 1. The number of hydrogen-bond donors (Lipinski definition) is 2. The number of fused-ring (bicyclic) bond motifs is 1. The first-order valence-corrected chi connectivity index (χ1v) is 8.86. The van der Waals surface area contributed by atoms with Crippen LogP contribution in [0.4, 0.5) is 0 Å². The second-order valence-corrected chi connectivity index (χ2v) is 7.02. The fourth-order valence-electron chi connectivity index (χ4n) is 4.15. The van der Waals surface area contributed by atoms with Gasteiger partial charge in [-0.15, -0.1) is 0 Å². The molecule has 1 aromatic rings. The first-order chi connectivity index (χ1) is 12.4. The fourth-order valence-corrected chi connectivity index (χ4v) is 4.15. The van der Waals surface area contributed by atoms with Crippen molar-refractivity contribution in [3.05, 3.63) is 33.9 Å². The maximum atomic E-state index is 12.0. The first-order valence-electron chi connectivity index (χ1n) is 8.86. The van der Waals surface area contributed by atoms with Gasteiger partial charge in [0, 0.05) is 11.1 Å². The third kappa shape index (κ3) is 2.93. The highest BCUT2D eigenvalue weighted by Gasteiger charge is 2.33. The number of phenols is 1. The van der Waals surface area contributed by atoms with Crippen LogP contribution in [0.5, 0.6) is 11.5 Å². The topological polar surface area (TPSA) is 93.1 Å². The molecule has 0 radical (unpaired) electrons. The molecule has 1 fully saturated rings. The van der Waals surface area contributed by atoms with Gasteiger partial charge in [0.25, 0.3) is 0 Å². The SMILES string of the molecule is COc1c(C)c2c(c(O)c1CC=C1CCC[C@H]1[C@H](C)C(=O)O)C(=O)OC2. The minimum atomic E-state index is -0.792. The second kappa shape index (κ2) is 7.02. The average Bonchev–Trinajstić information content (AvgIpc) is 3.22. The van der Waals surface area contributed by atoms with Crippen LogP contribution >= 0.6 is 0 Å². The largest absolute Gasteiger partial charge is 0.507 e. The second-order valence-electron chi connectivity index (χ2n) is 7.02. The zero-order valence-corrected chi connectivity index (χ0v) is 15.3. The molecule has 0 bridgehead atoms. The zero-order chi connectivity index (χ0) is 19.0. The van der Waals surface area contributed by atoms with Crippen molar-refractivity contribution >= 4 is 11.9 Å². The van der Waals surface area contributed by atoms with Gasteiger partial charge in [-0.2, -0.15) is 0 Å². The third-order valence-corrected chi connectivity index (χ3v) is 5.67. The van der Waals surface area contributed by atoms with Gasteiger partial charge in [-0.1, -0.05) is 18.6 Å². The molecule has 6 nitrogen and oxygen atoms in total. The molecule has 0 amide bonds. The van der Waals surface area contributed by atoms with E-state index < -0.39 is 17.9 Å². The van der Waals surface area contributed by atoms with Crippen molar-refractivity contribution in [3.8, 4) is 11.5 Å². The highest BCUT2D eigenvalue weighted by molar-refractivity contribution is 5.98. The molecule has 140 valence electrons. The van der Waals surface area contributed by atoms with E-state index in [1.54, 1.807) is 6.92 Å². The summed E-state index contributed by atoms with van der Waals surface area (Å²) in [5.74, 6) is -1.27. The number of esters is 1. The lowest BCUT2D eigenvalue weighted by Gasteiger charge is -2.18. The number of allylic oxidation sites excluding steroid dienone is 2. The number of cyclic esters (lactones) is 1. The molecule has 26 heavy (non-hydrogen) atoms. The Kier molecular flexibility index (Phi) is 4.94. The van der Waals surface area contributed by atoms with Crippen molar-refractivity contribution in [1.29, 1.82) is 0 Å². The van der Waals surface area contributed by atoms with Crippen LogP contribution in [0.1, 0.15) is 53.2 Å². The van der Waals surface area contributed by atoms with Gasteiger partial charge < -0.3 is 19.7 Å². The molecule has 0 aromatic heterocycles. The lowest BCUT2D eigenvalue weighted by atomic mass is 9.87. The number of aromatic hydroxyl groups is 1. The van der Waals surface area contributed by atoms with E-state index in [-0.39, 0.29) is 23.8 Å². The predicted molar refractivity (Wildman–Crippen MR) is 94.4 cm³/mol. The molecule has 1 aromatic carbocycles. The van der Waals surface area contributed by atoms with E-state index >= 15 is 0 Å². The van der Waals surface area contributed by atoms with Gasteiger partial charge in [-0.05, 0) is 44.1 Å². The lowest BCUT2D eigenvalue weighted by molar-refractivity contribution is -0.142. The number of hydrogen-bond acceptors (Lipinski definition) is 5. The van der Waals surface area contributed by atoms with E-state index in [2.05, 4.69) is 0 Å². The molecule has 1 saturated carbocycles. The van der Waals surface area contributed by atoms with Crippen molar-refractivity contribution in [3.63, 3.8) is 0 Å². The highest BCUT2D eigenvalue weighted by atomic mass is 16.5. The number of rotatable bonds is 5. The molecule has 1 heterocycles. The highest BCUT2D eigenvalue weighted by Crippen LogP contribution is 2.43. The molecule has 0 spiro atoms. The van der Waals surface area contributed by atoms with Gasteiger partial charge in [-0.3, -0.25) is 4.79 Å². The maximum absolute atomic E-state index is 12.0. The monoisotopic (exact) mass is 360 g/mol. The molecule has 1 aliphatic carbocycles. The normalized spacial score (nSPS) is 21.6. The summed E-state index contributed by atoms with van der Waals surface area (Å²) in [5.41, 5.74) is 3.32. The Morgan fingerprint density at radius 3 is 2.85 bits per heavy atom. The van der Waals surface area contributed by atoms with Crippen LogP contribution in [0.25, 0.3) is 0 Å². The molecule has 1 aliphatic heterocycles. The van der Waals surface area contributed by atoms with Crippen molar-refractivity contribution in [2.75, 3.05) is 7.11 Å². The van der Waals surface area contributed by atoms with Gasteiger partial charge in [-0.25, -0.2) is 4.79 Å². The summed E-state index contributed by atoms with van der Waals surface area (Å²) >= 11 is 0. The molecule has 3 rings (SSSR count). The maximum Gasteiger partial charge on any atom is 0.342 e. The van der Waals surface area contributed by atoms with Crippen LogP contribution in [-0.4, -0.2) is 29.3 Å². The van der Waals surface area contributed by atoms with E-state index in [9.17, 15) is 19.8 Å². The summed E-state index contributed by atoms with van der Waals surface area (Å²) in [6, 6.07) is 0. The first kappa shape index (κ1) is 18.3. The summed E-state index contributed by atoms with van der Waals surface area (Å²) in [4.78, 5) is 23.3. The Morgan fingerprint density at radius 1 is 1.46 bits per heavy atom. The summed E-state index contributed by atoms with van der Waals surface area (Å²) < 4.78 is 10.6. The molecule has 0 saturated heterocycles. The number of carbonyl (C=O) groups excluding carboxylic acids is 1. The van der Waals surface area contributed by atoms with E-state index in [1.165, 1.54) is 7.11 Å². The quantitative estimate of drug-likeness (QED) is 0.618. The van der Waals surface area contributed by atoms with Gasteiger partial charge in [0.2, 0.25) is 0 Å². The minimum absolute atomic E-state index is 0.0149. The van der Waals surface area contributed by atoms with Crippen molar-refractivity contribution in [1.82, 2.24) is 0 Å². The number of phenolic OH excluding ortho intramolecular Hbond substituents is 1. The Morgan fingerprint density at radius 2 is 2.19 bits per heavy atom. The van der Waals surface area contributed by atoms with Crippen LogP contribution in [0.2, 0.25) is 0 Å². The molecular formula is C20H24O6. The van der Waals surface area contributed by atoms with Crippen molar-refractivity contribution < 1.29 is 29.3 Å². The smallest absolute Gasteiger partial charge is 0.342 e. The van der Waals surface area contributed by atoms with Gasteiger partial charge in [0.05, 0.1) is 13.0 Å². The zero-order valence-electron chi connectivity index (χ0n) is 15.3. The average molecular weight is 360 g/mol. The molecule has 6 heteroatoms. The summed E-state index contributed by atoms with van der Waals surface area (Å²) in [6.45, 7) is 3.73. The number of ether oxygens (including phenoxy) is 2. The summed E-state index contributed by atoms with van der Waals surface area (Å²) in [7, 11) is 1.54. The number of benzene rings is 1. The molecule has 2 N–H and O–H groups in total. The van der Waals surface area contributed by atoms with Gasteiger partial charge in [0.1, 0.15) is 23.7 Å². The number of carboxylic acids is 1. The Balaban J connectivity index is 1.98. The number of methoxy groups -OCH3 is 1. The molecule has 0 unspecified atom stereocenters. The molecule has 2 aliphatic rings. The van der Waals surface area contributed by atoms with Crippen LogP contribution in [0.3, 0.4) is 0 Å². The molecular weight excluding hydrogens is 336 g/mol. The third-order valence-electron chi connectivity index (χ3n) is 5.67. The number of carboxylic acid groups (broad SMARTS) is 1. The summed E-state index contributed by atoms with van der Waals surface area (Å²) in [5, 5.41) is 20.0. The van der Waals surface area contributed by atoms with E-state index in [0.29, 0.717) is 23.3 Å².